The van der Waals surface area contributed by atoms with E-state index in [1.54, 1.807) is 18.2 Å². The zero-order chi connectivity index (χ0) is 23.4. The highest BCUT2D eigenvalue weighted by Crippen LogP contribution is 2.38. The number of anilines is 1. The third-order valence-corrected chi connectivity index (χ3v) is 6.31. The number of carbonyl (C=O) groups is 3. The number of thioether (sulfide) groups is 1. The van der Waals surface area contributed by atoms with E-state index in [1.807, 2.05) is 39.0 Å². The summed E-state index contributed by atoms with van der Waals surface area (Å²) in [5.41, 5.74) is 3.20. The molecule has 1 N–H and O–H groups in total. The summed E-state index contributed by atoms with van der Waals surface area (Å²) in [6, 6.07) is 9.15. The molecule has 1 aliphatic heterocycles. The van der Waals surface area contributed by atoms with Gasteiger partial charge in [0.05, 0.1) is 18.6 Å². The van der Waals surface area contributed by atoms with Gasteiger partial charge in [-0.2, -0.15) is 0 Å². The monoisotopic (exact) mass is 518 g/mol. The Hall–Kier alpha value is -2.78. The summed E-state index contributed by atoms with van der Waals surface area (Å²) in [5, 5.41) is 2.28. The molecule has 3 rings (SSSR count). The maximum atomic E-state index is 12.8. The van der Waals surface area contributed by atoms with Gasteiger partial charge in [0.2, 0.25) is 5.91 Å². The first-order chi connectivity index (χ1) is 15.2. The Morgan fingerprint density at radius 3 is 2.62 bits per heavy atom. The SMILES string of the molecule is CCOc1cc(Br)c(/C=C2\SC(=O)N(CC(=O)Nc3cc(C)ccc3C)C2=O)cc1OC. The molecule has 32 heavy (non-hydrogen) atoms. The molecule has 0 radical (unpaired) electrons. The third kappa shape index (κ3) is 5.34. The molecular weight excluding hydrogens is 496 g/mol. The molecule has 2 aromatic carbocycles. The average Bonchev–Trinajstić information content (AvgIpc) is 3.00. The lowest BCUT2D eigenvalue weighted by molar-refractivity contribution is -0.127. The number of ether oxygens (including phenoxy) is 2. The molecule has 1 heterocycles. The number of rotatable bonds is 7. The molecule has 7 nitrogen and oxygen atoms in total. The van der Waals surface area contributed by atoms with E-state index >= 15 is 0 Å². The Morgan fingerprint density at radius 2 is 1.94 bits per heavy atom. The number of hydrogen-bond donors (Lipinski definition) is 1. The number of aryl methyl sites for hydroxylation is 2. The van der Waals surface area contributed by atoms with Crippen molar-refractivity contribution in [3.05, 3.63) is 56.4 Å². The fourth-order valence-corrected chi connectivity index (χ4v) is 4.34. The molecule has 2 aromatic rings. The molecule has 0 saturated carbocycles. The van der Waals surface area contributed by atoms with Crippen LogP contribution < -0.4 is 14.8 Å². The second-order valence-corrected chi connectivity index (χ2v) is 8.94. The van der Waals surface area contributed by atoms with Crippen molar-refractivity contribution in [3.8, 4) is 11.5 Å². The number of imide groups is 1. The molecule has 168 valence electrons. The summed E-state index contributed by atoms with van der Waals surface area (Å²) in [5.74, 6) is 0.116. The largest absolute Gasteiger partial charge is 0.493 e. The number of nitrogens with zero attached hydrogens (tertiary/aromatic N) is 1. The third-order valence-electron chi connectivity index (χ3n) is 4.71. The molecule has 3 amide bonds. The maximum Gasteiger partial charge on any atom is 0.294 e. The highest BCUT2D eigenvalue weighted by Gasteiger charge is 2.36. The van der Waals surface area contributed by atoms with Gasteiger partial charge in [0, 0.05) is 10.2 Å². The number of amides is 3. The summed E-state index contributed by atoms with van der Waals surface area (Å²) in [6.45, 7) is 5.78. The fraction of sp³-hybridized carbons (Fsp3) is 0.261. The summed E-state index contributed by atoms with van der Waals surface area (Å²) in [6.07, 6.45) is 1.59. The minimum Gasteiger partial charge on any atom is -0.493 e. The first-order valence-corrected chi connectivity index (χ1v) is 11.5. The van der Waals surface area contributed by atoms with Crippen LogP contribution in [0, 0.1) is 13.8 Å². The maximum absolute atomic E-state index is 12.8. The number of methoxy groups -OCH3 is 1. The van der Waals surface area contributed by atoms with Crippen LogP contribution in [-0.4, -0.2) is 42.2 Å². The Balaban J connectivity index is 1.78. The summed E-state index contributed by atoms with van der Waals surface area (Å²) in [4.78, 5) is 38.9. The van der Waals surface area contributed by atoms with Crippen LogP contribution in [0.15, 0.2) is 39.7 Å². The number of carbonyl (C=O) groups excluding carboxylic acids is 3. The Kier molecular flexibility index (Phi) is 7.63. The van der Waals surface area contributed by atoms with Crippen LogP contribution in [0.2, 0.25) is 0 Å². The van der Waals surface area contributed by atoms with E-state index in [0.717, 1.165) is 27.8 Å². The highest BCUT2D eigenvalue weighted by atomic mass is 79.9. The van der Waals surface area contributed by atoms with Gasteiger partial charge < -0.3 is 14.8 Å². The molecule has 9 heteroatoms. The first kappa shape index (κ1) is 23.9. The van der Waals surface area contributed by atoms with E-state index in [1.165, 1.54) is 7.11 Å². The van der Waals surface area contributed by atoms with E-state index < -0.39 is 17.1 Å². The van der Waals surface area contributed by atoms with Gasteiger partial charge in [0.15, 0.2) is 11.5 Å². The molecular formula is C23H23BrN2O5S. The second kappa shape index (κ2) is 10.2. The van der Waals surface area contributed by atoms with Crippen LogP contribution in [0.4, 0.5) is 10.5 Å². The molecule has 0 unspecified atom stereocenters. The van der Waals surface area contributed by atoms with Crippen LogP contribution >= 0.6 is 27.7 Å². The second-order valence-electron chi connectivity index (χ2n) is 7.09. The first-order valence-electron chi connectivity index (χ1n) is 9.86. The molecule has 0 bridgehead atoms. The van der Waals surface area contributed by atoms with Crippen molar-refractivity contribution in [2.24, 2.45) is 0 Å². The van der Waals surface area contributed by atoms with E-state index in [2.05, 4.69) is 21.2 Å². The lowest BCUT2D eigenvalue weighted by Crippen LogP contribution is -2.36. The molecule has 0 aliphatic carbocycles. The normalized spacial score (nSPS) is 14.8. The summed E-state index contributed by atoms with van der Waals surface area (Å²) in [7, 11) is 1.53. The Labute approximate surface area is 199 Å². The topological polar surface area (TPSA) is 84.9 Å². The minimum atomic E-state index is -0.518. The molecule has 0 spiro atoms. The zero-order valence-electron chi connectivity index (χ0n) is 18.2. The highest BCUT2D eigenvalue weighted by molar-refractivity contribution is 9.10. The number of nitrogens with one attached hydrogen (secondary N) is 1. The molecule has 0 aromatic heterocycles. The lowest BCUT2D eigenvalue weighted by atomic mass is 10.1. The van der Waals surface area contributed by atoms with Gasteiger partial charge in [0.25, 0.3) is 11.1 Å². The average molecular weight is 519 g/mol. The summed E-state index contributed by atoms with van der Waals surface area (Å²) < 4.78 is 11.6. The van der Waals surface area contributed by atoms with Crippen LogP contribution in [0.5, 0.6) is 11.5 Å². The lowest BCUT2D eigenvalue weighted by Gasteiger charge is -2.14. The molecule has 0 atom stereocenters. The van der Waals surface area contributed by atoms with Crippen molar-refractivity contribution in [2.45, 2.75) is 20.8 Å². The predicted octanol–water partition coefficient (Wildman–Crippen LogP) is 5.15. The van der Waals surface area contributed by atoms with Gasteiger partial charge in [0.1, 0.15) is 6.54 Å². The van der Waals surface area contributed by atoms with Crippen LogP contribution in [-0.2, 0) is 9.59 Å². The van der Waals surface area contributed by atoms with Crippen molar-refractivity contribution < 1.29 is 23.9 Å². The molecule has 1 fully saturated rings. The molecule has 1 aliphatic rings. The number of benzene rings is 2. The fourth-order valence-electron chi connectivity index (χ4n) is 3.07. The minimum absolute atomic E-state index is 0.224. The van der Waals surface area contributed by atoms with Gasteiger partial charge in [-0.25, -0.2) is 0 Å². The summed E-state index contributed by atoms with van der Waals surface area (Å²) >= 11 is 4.26. The van der Waals surface area contributed by atoms with Gasteiger partial charge >= 0.3 is 0 Å². The van der Waals surface area contributed by atoms with Crippen LogP contribution in [0.1, 0.15) is 23.6 Å². The number of halogens is 1. The zero-order valence-corrected chi connectivity index (χ0v) is 20.6. The standard InChI is InChI=1S/C23H23BrN2O5S/c1-5-31-19-11-16(24)15(9-18(19)30-4)10-20-22(28)26(23(29)32-20)12-21(27)25-17-8-13(2)6-7-14(17)3/h6-11H,5,12H2,1-4H3,(H,25,27)/b20-10-. The quantitative estimate of drug-likeness (QED) is 0.510. The van der Waals surface area contributed by atoms with Crippen molar-refractivity contribution in [1.29, 1.82) is 0 Å². The number of hydrogen-bond acceptors (Lipinski definition) is 6. The van der Waals surface area contributed by atoms with Crippen molar-refractivity contribution in [3.63, 3.8) is 0 Å². The van der Waals surface area contributed by atoms with E-state index in [0.29, 0.717) is 33.8 Å². The van der Waals surface area contributed by atoms with E-state index in [4.69, 9.17) is 9.47 Å². The van der Waals surface area contributed by atoms with Crippen molar-refractivity contribution in [1.82, 2.24) is 4.90 Å². The molecule has 1 saturated heterocycles. The predicted molar refractivity (Wildman–Crippen MR) is 129 cm³/mol. The Bertz CT molecular complexity index is 1120. The van der Waals surface area contributed by atoms with Crippen LogP contribution in [0.3, 0.4) is 0 Å². The van der Waals surface area contributed by atoms with Gasteiger partial charge in [-0.1, -0.05) is 28.1 Å². The van der Waals surface area contributed by atoms with Crippen molar-refractivity contribution in [2.75, 3.05) is 25.6 Å². The smallest absolute Gasteiger partial charge is 0.294 e. The van der Waals surface area contributed by atoms with Gasteiger partial charge in [-0.3, -0.25) is 19.3 Å². The van der Waals surface area contributed by atoms with Gasteiger partial charge in [-0.05, 0) is 73.5 Å². The van der Waals surface area contributed by atoms with Crippen LogP contribution in [0.25, 0.3) is 6.08 Å². The van der Waals surface area contributed by atoms with E-state index in [9.17, 15) is 14.4 Å². The van der Waals surface area contributed by atoms with Crippen molar-refractivity contribution >= 4 is 56.5 Å². The van der Waals surface area contributed by atoms with E-state index in [-0.39, 0.29) is 11.4 Å². The Morgan fingerprint density at radius 1 is 1.19 bits per heavy atom. The van der Waals surface area contributed by atoms with Gasteiger partial charge in [-0.15, -0.1) is 0 Å².